The Morgan fingerprint density at radius 2 is 1.84 bits per heavy atom. The highest BCUT2D eigenvalue weighted by atomic mass is 16.5. The summed E-state index contributed by atoms with van der Waals surface area (Å²) in [6.07, 6.45) is 5.76. The van der Waals surface area contributed by atoms with Crippen LogP contribution in [0.1, 0.15) is 56.1 Å². The smallest absolute Gasteiger partial charge is 0.162 e. The third-order valence-corrected chi connectivity index (χ3v) is 4.12. The molecule has 1 aromatic heterocycles. The first-order valence-corrected chi connectivity index (χ1v) is 7.30. The minimum Gasteiger partial charge on any atom is -0.373 e. The summed E-state index contributed by atoms with van der Waals surface area (Å²) in [4.78, 5) is 9.44. The maximum atomic E-state index is 6.10. The molecule has 1 heterocycles. The number of hydrogen-bond acceptors (Lipinski definition) is 4. The van der Waals surface area contributed by atoms with Crippen molar-refractivity contribution in [3.63, 3.8) is 0 Å². The zero-order valence-corrected chi connectivity index (χ0v) is 12.5. The molecule has 1 saturated carbocycles. The molecule has 0 spiro atoms. The van der Waals surface area contributed by atoms with Gasteiger partial charge in [0, 0.05) is 24.9 Å². The van der Waals surface area contributed by atoms with Crippen molar-refractivity contribution in [2.75, 3.05) is 19.0 Å². The molecule has 1 aliphatic carbocycles. The highest BCUT2D eigenvalue weighted by Crippen LogP contribution is 2.39. The number of anilines is 1. The molecular formula is C15H25N3O. The van der Waals surface area contributed by atoms with Gasteiger partial charge in [0.15, 0.2) is 5.82 Å². The number of hydrogen-bond donors (Lipinski definition) is 1. The van der Waals surface area contributed by atoms with Crippen LogP contribution in [0.5, 0.6) is 0 Å². The highest BCUT2D eigenvalue weighted by Gasteiger charge is 2.38. The van der Waals surface area contributed by atoms with E-state index in [0.717, 1.165) is 35.7 Å². The van der Waals surface area contributed by atoms with Gasteiger partial charge in [-0.1, -0.05) is 19.3 Å². The lowest BCUT2D eigenvalue weighted by Gasteiger charge is -2.36. The van der Waals surface area contributed by atoms with Gasteiger partial charge in [0.2, 0.25) is 0 Å². The predicted molar refractivity (Wildman–Crippen MR) is 77.4 cm³/mol. The van der Waals surface area contributed by atoms with Crippen LogP contribution in [0.4, 0.5) is 5.82 Å². The molecule has 19 heavy (non-hydrogen) atoms. The minimum atomic E-state index is -0.267. The molecule has 0 radical (unpaired) electrons. The van der Waals surface area contributed by atoms with E-state index in [4.69, 9.17) is 14.7 Å². The molecule has 0 aromatic carbocycles. The van der Waals surface area contributed by atoms with E-state index < -0.39 is 0 Å². The van der Waals surface area contributed by atoms with Gasteiger partial charge < -0.3 is 10.1 Å². The molecule has 0 aliphatic heterocycles. The normalized spacial score (nSPS) is 18.3. The number of nitrogens with zero attached hydrogens (tertiary/aromatic N) is 2. The van der Waals surface area contributed by atoms with Crippen LogP contribution >= 0.6 is 0 Å². The van der Waals surface area contributed by atoms with Crippen LogP contribution in [0.2, 0.25) is 0 Å². The van der Waals surface area contributed by atoms with Crippen molar-refractivity contribution in [1.82, 2.24) is 9.97 Å². The lowest BCUT2D eigenvalue weighted by atomic mass is 9.83. The van der Waals surface area contributed by atoms with Crippen LogP contribution in [0.25, 0.3) is 0 Å². The minimum absolute atomic E-state index is 0.267. The average Bonchev–Trinajstić information content (AvgIpc) is 2.43. The number of aromatic nitrogens is 2. The summed E-state index contributed by atoms with van der Waals surface area (Å²) in [6, 6.07) is 0. The van der Waals surface area contributed by atoms with Crippen molar-refractivity contribution in [3.8, 4) is 0 Å². The van der Waals surface area contributed by atoms with E-state index in [9.17, 15) is 0 Å². The van der Waals surface area contributed by atoms with Crippen LogP contribution in [-0.4, -0.2) is 23.6 Å². The third kappa shape index (κ3) is 2.73. The average molecular weight is 263 g/mol. The molecule has 0 bridgehead atoms. The number of aryl methyl sites for hydroxylation is 1. The summed E-state index contributed by atoms with van der Waals surface area (Å²) in [5, 5.41) is 3.17. The zero-order valence-electron chi connectivity index (χ0n) is 12.5. The van der Waals surface area contributed by atoms with Gasteiger partial charge in [-0.2, -0.15) is 0 Å². The Kier molecular flexibility index (Phi) is 4.40. The first kappa shape index (κ1) is 14.3. The van der Waals surface area contributed by atoms with Crippen molar-refractivity contribution in [3.05, 3.63) is 17.1 Å². The first-order chi connectivity index (χ1) is 9.13. The number of ether oxygens (including phenoxy) is 1. The molecule has 1 aromatic rings. The first-order valence-electron chi connectivity index (χ1n) is 7.30. The standard InChI is InChI=1S/C15H25N3O/c1-5-19-15(9-7-6-8-10-15)14-17-12(3)11(2)13(16-4)18-14/h5-10H2,1-4H3,(H,16,17,18). The zero-order chi connectivity index (χ0) is 13.9. The maximum Gasteiger partial charge on any atom is 0.162 e. The van der Waals surface area contributed by atoms with Gasteiger partial charge in [0.1, 0.15) is 11.4 Å². The monoisotopic (exact) mass is 263 g/mol. The van der Waals surface area contributed by atoms with Crippen LogP contribution in [0.15, 0.2) is 0 Å². The van der Waals surface area contributed by atoms with E-state index >= 15 is 0 Å². The van der Waals surface area contributed by atoms with Gasteiger partial charge in [0.25, 0.3) is 0 Å². The molecule has 2 rings (SSSR count). The molecule has 4 nitrogen and oxygen atoms in total. The Bertz CT molecular complexity index is 434. The summed E-state index contributed by atoms with van der Waals surface area (Å²) in [5.74, 6) is 1.79. The second-order valence-corrected chi connectivity index (χ2v) is 5.34. The maximum absolute atomic E-state index is 6.10. The van der Waals surface area contributed by atoms with E-state index in [-0.39, 0.29) is 5.60 Å². The van der Waals surface area contributed by atoms with Crippen LogP contribution in [0, 0.1) is 13.8 Å². The summed E-state index contributed by atoms with van der Waals surface area (Å²) < 4.78 is 6.10. The summed E-state index contributed by atoms with van der Waals surface area (Å²) in [5.41, 5.74) is 1.89. The van der Waals surface area contributed by atoms with Crippen molar-refractivity contribution in [1.29, 1.82) is 0 Å². The van der Waals surface area contributed by atoms with Gasteiger partial charge >= 0.3 is 0 Å². The largest absolute Gasteiger partial charge is 0.373 e. The molecule has 4 heteroatoms. The molecule has 1 fully saturated rings. The van der Waals surface area contributed by atoms with E-state index in [0.29, 0.717) is 6.61 Å². The fourth-order valence-electron chi connectivity index (χ4n) is 2.91. The second kappa shape index (κ2) is 5.87. The summed E-state index contributed by atoms with van der Waals surface area (Å²) >= 11 is 0. The number of rotatable bonds is 4. The van der Waals surface area contributed by atoms with Gasteiger partial charge in [-0.05, 0) is 33.6 Å². The van der Waals surface area contributed by atoms with Crippen LogP contribution in [0.3, 0.4) is 0 Å². The Morgan fingerprint density at radius 3 is 2.42 bits per heavy atom. The van der Waals surface area contributed by atoms with E-state index in [1.54, 1.807) is 0 Å². The second-order valence-electron chi connectivity index (χ2n) is 5.34. The lowest BCUT2D eigenvalue weighted by molar-refractivity contribution is -0.0767. The molecule has 0 amide bonds. The Hall–Kier alpha value is -1.16. The molecular weight excluding hydrogens is 238 g/mol. The predicted octanol–water partition coefficient (Wildman–Crippen LogP) is 3.33. The topological polar surface area (TPSA) is 47.0 Å². The Balaban J connectivity index is 2.44. The third-order valence-electron chi connectivity index (χ3n) is 4.12. The van der Waals surface area contributed by atoms with Crippen molar-refractivity contribution < 1.29 is 4.74 Å². The van der Waals surface area contributed by atoms with Crippen molar-refractivity contribution >= 4 is 5.82 Å². The van der Waals surface area contributed by atoms with Gasteiger partial charge in [-0.3, -0.25) is 0 Å². The summed E-state index contributed by atoms with van der Waals surface area (Å²) in [7, 11) is 1.91. The number of nitrogens with one attached hydrogen (secondary N) is 1. The molecule has 0 unspecified atom stereocenters. The van der Waals surface area contributed by atoms with Gasteiger partial charge in [-0.25, -0.2) is 9.97 Å². The molecule has 1 N–H and O–H groups in total. The SMILES string of the molecule is CCOC1(c2nc(C)c(C)c(NC)n2)CCCCC1. The summed E-state index contributed by atoms with van der Waals surface area (Å²) in [6.45, 7) is 6.87. The lowest BCUT2D eigenvalue weighted by Crippen LogP contribution is -2.35. The van der Waals surface area contributed by atoms with Gasteiger partial charge in [-0.15, -0.1) is 0 Å². The van der Waals surface area contributed by atoms with E-state index in [1.807, 2.05) is 14.0 Å². The highest BCUT2D eigenvalue weighted by molar-refractivity contribution is 5.45. The molecule has 1 aliphatic rings. The molecule has 0 atom stereocenters. The molecule has 0 saturated heterocycles. The fraction of sp³-hybridized carbons (Fsp3) is 0.733. The van der Waals surface area contributed by atoms with Crippen molar-refractivity contribution in [2.45, 2.75) is 58.5 Å². The van der Waals surface area contributed by atoms with Gasteiger partial charge in [0.05, 0.1) is 0 Å². The Morgan fingerprint density at radius 1 is 1.16 bits per heavy atom. The Labute approximate surface area is 116 Å². The van der Waals surface area contributed by atoms with Crippen LogP contribution < -0.4 is 5.32 Å². The van der Waals surface area contributed by atoms with Crippen LogP contribution in [-0.2, 0) is 10.3 Å². The van der Waals surface area contributed by atoms with Crippen molar-refractivity contribution in [2.24, 2.45) is 0 Å². The van der Waals surface area contributed by atoms with E-state index in [1.165, 1.54) is 19.3 Å². The van der Waals surface area contributed by atoms with E-state index in [2.05, 4.69) is 19.2 Å². The fourth-order valence-corrected chi connectivity index (χ4v) is 2.91. The quantitative estimate of drug-likeness (QED) is 0.905. The molecule has 106 valence electrons.